The average Bonchev–Trinajstić information content (AvgIpc) is 2.94. The van der Waals surface area contributed by atoms with Crippen LogP contribution in [-0.2, 0) is 41.8 Å². The molecule has 2 rings (SSSR count). The molecule has 0 aliphatic heterocycles. The van der Waals surface area contributed by atoms with E-state index in [0.29, 0.717) is 39.3 Å². The minimum absolute atomic E-state index is 0.0809. The Morgan fingerprint density at radius 2 is 0.902 bits per heavy atom. The van der Waals surface area contributed by atoms with E-state index in [1.165, 1.54) is 0 Å². The second kappa shape index (κ2) is 19.4. The molecular formula is C35H52O6. The van der Waals surface area contributed by atoms with Crippen LogP contribution < -0.4 is 0 Å². The largest absolute Gasteiger partial charge is 0.461 e. The van der Waals surface area contributed by atoms with Gasteiger partial charge >= 0.3 is 11.9 Å². The van der Waals surface area contributed by atoms with Crippen LogP contribution >= 0.6 is 0 Å². The first-order valence-electron chi connectivity index (χ1n) is 15.2. The summed E-state index contributed by atoms with van der Waals surface area (Å²) in [5, 5.41) is 0. The first-order chi connectivity index (χ1) is 19.7. The van der Waals surface area contributed by atoms with Crippen LogP contribution in [0, 0.1) is 10.8 Å². The van der Waals surface area contributed by atoms with Gasteiger partial charge in [-0.2, -0.15) is 0 Å². The van der Waals surface area contributed by atoms with E-state index in [1.807, 2.05) is 60.7 Å². The summed E-state index contributed by atoms with van der Waals surface area (Å²) >= 11 is 0. The molecule has 2 aromatic rings. The van der Waals surface area contributed by atoms with E-state index in [4.69, 9.17) is 18.9 Å². The lowest BCUT2D eigenvalue weighted by atomic mass is 9.84. The summed E-state index contributed by atoms with van der Waals surface area (Å²) in [4.78, 5) is 24.4. The Hall–Kier alpha value is -2.70. The van der Waals surface area contributed by atoms with Gasteiger partial charge in [0.25, 0.3) is 0 Å². The highest BCUT2D eigenvalue weighted by Gasteiger charge is 2.23. The zero-order valence-electron chi connectivity index (χ0n) is 25.8. The quantitative estimate of drug-likeness (QED) is 0.106. The highest BCUT2D eigenvalue weighted by atomic mass is 16.5. The molecule has 6 nitrogen and oxygen atoms in total. The van der Waals surface area contributed by atoms with Crippen molar-refractivity contribution in [1.82, 2.24) is 0 Å². The number of carbonyl (C=O) groups excluding carboxylic acids is 2. The number of unbranched alkanes of at least 4 members (excludes halogenated alkanes) is 2. The van der Waals surface area contributed by atoms with Crippen LogP contribution in [0.2, 0.25) is 0 Å². The van der Waals surface area contributed by atoms with Crippen molar-refractivity contribution < 1.29 is 28.5 Å². The lowest BCUT2D eigenvalue weighted by Gasteiger charge is -2.23. The number of hydrogen-bond acceptors (Lipinski definition) is 6. The molecule has 0 aliphatic carbocycles. The van der Waals surface area contributed by atoms with Crippen LogP contribution in [0.1, 0.15) is 96.6 Å². The lowest BCUT2D eigenvalue weighted by Crippen LogP contribution is -2.19. The number of hydrogen-bond donors (Lipinski definition) is 0. The molecular weight excluding hydrogens is 516 g/mol. The van der Waals surface area contributed by atoms with E-state index in [9.17, 15) is 9.59 Å². The van der Waals surface area contributed by atoms with E-state index in [0.717, 1.165) is 69.3 Å². The molecule has 0 unspecified atom stereocenters. The Morgan fingerprint density at radius 3 is 1.29 bits per heavy atom. The Kier molecular flexibility index (Phi) is 16.3. The van der Waals surface area contributed by atoms with E-state index >= 15 is 0 Å². The second-order valence-corrected chi connectivity index (χ2v) is 12.5. The maximum absolute atomic E-state index is 12.2. The van der Waals surface area contributed by atoms with Crippen molar-refractivity contribution in [2.24, 2.45) is 10.8 Å². The Bertz CT molecular complexity index is 891. The highest BCUT2D eigenvalue weighted by molar-refractivity contribution is 5.70. The molecule has 228 valence electrons. The van der Waals surface area contributed by atoms with Gasteiger partial charge in [-0.25, -0.2) is 0 Å². The molecule has 0 amide bonds. The molecule has 0 spiro atoms. The molecule has 0 bridgehead atoms. The molecule has 6 heteroatoms. The molecule has 41 heavy (non-hydrogen) atoms. The van der Waals surface area contributed by atoms with Crippen LogP contribution in [-0.4, -0.2) is 38.4 Å². The molecule has 0 atom stereocenters. The minimum atomic E-state index is -0.141. The van der Waals surface area contributed by atoms with Crippen LogP contribution in [0.25, 0.3) is 0 Å². The molecule has 0 aliphatic rings. The summed E-state index contributed by atoms with van der Waals surface area (Å²) in [5.41, 5.74) is 1.86. The Balaban J connectivity index is 1.38. The van der Waals surface area contributed by atoms with Gasteiger partial charge in [0.15, 0.2) is 0 Å². The molecule has 0 saturated carbocycles. The summed E-state index contributed by atoms with van der Waals surface area (Å²) in [6.07, 6.45) is 7.69. The maximum Gasteiger partial charge on any atom is 0.306 e. The number of carbonyl (C=O) groups is 2. The monoisotopic (exact) mass is 568 g/mol. The van der Waals surface area contributed by atoms with E-state index < -0.39 is 0 Å². The molecule has 0 fully saturated rings. The SMILES string of the molecule is CC(C)(CCCCOCCCOCCCCC(C)(C)CC(=O)OCc1ccccc1)CC(=O)OCc1ccccc1. The van der Waals surface area contributed by atoms with Crippen LogP contribution in [0.4, 0.5) is 0 Å². The van der Waals surface area contributed by atoms with Crippen LogP contribution in [0.3, 0.4) is 0 Å². The first-order valence-corrected chi connectivity index (χ1v) is 15.2. The number of rotatable bonds is 22. The zero-order valence-corrected chi connectivity index (χ0v) is 25.8. The molecule has 2 aromatic carbocycles. The predicted molar refractivity (Wildman–Crippen MR) is 163 cm³/mol. The van der Waals surface area contributed by atoms with E-state index in [1.54, 1.807) is 0 Å². The summed E-state index contributed by atoms with van der Waals surface area (Å²) in [7, 11) is 0. The van der Waals surface area contributed by atoms with Gasteiger partial charge in [-0.05, 0) is 54.1 Å². The summed E-state index contributed by atoms with van der Waals surface area (Å²) < 4.78 is 22.4. The van der Waals surface area contributed by atoms with Crippen molar-refractivity contribution in [2.45, 2.75) is 98.7 Å². The van der Waals surface area contributed by atoms with Gasteiger partial charge in [-0.15, -0.1) is 0 Å². The van der Waals surface area contributed by atoms with Gasteiger partial charge < -0.3 is 18.9 Å². The summed E-state index contributed by atoms with van der Waals surface area (Å²) in [6, 6.07) is 19.5. The number of benzene rings is 2. The van der Waals surface area contributed by atoms with Crippen molar-refractivity contribution in [3.05, 3.63) is 71.8 Å². The topological polar surface area (TPSA) is 71.1 Å². The fourth-order valence-electron chi connectivity index (χ4n) is 4.62. The van der Waals surface area contributed by atoms with Crippen molar-refractivity contribution in [2.75, 3.05) is 26.4 Å². The molecule has 0 radical (unpaired) electrons. The molecule has 0 saturated heterocycles. The van der Waals surface area contributed by atoms with E-state index in [-0.39, 0.29) is 22.8 Å². The van der Waals surface area contributed by atoms with Gasteiger partial charge in [0.1, 0.15) is 13.2 Å². The third-order valence-corrected chi connectivity index (χ3v) is 7.09. The average molecular weight is 569 g/mol. The third-order valence-electron chi connectivity index (χ3n) is 7.09. The normalized spacial score (nSPS) is 11.8. The third kappa shape index (κ3) is 17.7. The molecule has 0 aromatic heterocycles. The zero-order chi connectivity index (χ0) is 29.8. The minimum Gasteiger partial charge on any atom is -0.461 e. The highest BCUT2D eigenvalue weighted by Crippen LogP contribution is 2.29. The standard InChI is InChI=1S/C35H52O6/c1-34(2,26-32(36)40-28-30-16-7-5-8-17-30)20-11-13-22-38-24-15-25-39-23-14-12-21-35(3,4)27-33(37)41-29-31-18-9-6-10-19-31/h5-10,16-19H,11-15,20-29H2,1-4H3. The van der Waals surface area contributed by atoms with Crippen LogP contribution in [0.15, 0.2) is 60.7 Å². The second-order valence-electron chi connectivity index (χ2n) is 12.5. The van der Waals surface area contributed by atoms with Gasteiger partial charge in [0, 0.05) is 26.4 Å². The van der Waals surface area contributed by atoms with Gasteiger partial charge in [-0.3, -0.25) is 9.59 Å². The smallest absolute Gasteiger partial charge is 0.306 e. The molecule has 0 N–H and O–H groups in total. The fraction of sp³-hybridized carbons (Fsp3) is 0.600. The number of esters is 2. The number of ether oxygens (including phenoxy) is 4. The van der Waals surface area contributed by atoms with Crippen LogP contribution in [0.5, 0.6) is 0 Å². The first kappa shape index (κ1) is 34.5. The van der Waals surface area contributed by atoms with Gasteiger partial charge in [0.2, 0.25) is 0 Å². The fourth-order valence-corrected chi connectivity index (χ4v) is 4.62. The van der Waals surface area contributed by atoms with E-state index in [2.05, 4.69) is 27.7 Å². The van der Waals surface area contributed by atoms with Crippen molar-refractivity contribution in [3.63, 3.8) is 0 Å². The Morgan fingerprint density at radius 1 is 0.537 bits per heavy atom. The maximum atomic E-state index is 12.2. The summed E-state index contributed by atoms with van der Waals surface area (Å²) in [5.74, 6) is -0.281. The lowest BCUT2D eigenvalue weighted by molar-refractivity contribution is -0.148. The Labute approximate surface area is 248 Å². The molecule has 0 heterocycles. The van der Waals surface area contributed by atoms with Crippen molar-refractivity contribution >= 4 is 11.9 Å². The van der Waals surface area contributed by atoms with Crippen molar-refractivity contribution in [3.8, 4) is 0 Å². The van der Waals surface area contributed by atoms with Crippen molar-refractivity contribution in [1.29, 1.82) is 0 Å². The summed E-state index contributed by atoms with van der Waals surface area (Å²) in [6.45, 7) is 12.0. The van der Waals surface area contributed by atoms with Gasteiger partial charge in [-0.1, -0.05) is 101 Å². The van der Waals surface area contributed by atoms with Gasteiger partial charge in [0.05, 0.1) is 12.8 Å². The predicted octanol–water partition coefficient (Wildman–Crippen LogP) is 8.07.